The minimum atomic E-state index is -0.305. The molecule has 8 heteroatoms. The lowest BCUT2D eigenvalue weighted by Crippen LogP contribution is -2.22. The van der Waals surface area contributed by atoms with Crippen LogP contribution in [0.15, 0.2) is 88.3 Å². The minimum Gasteiger partial charge on any atom is -0.244 e. The van der Waals surface area contributed by atoms with E-state index in [0.29, 0.717) is 22.2 Å². The lowest BCUT2D eigenvalue weighted by atomic mass is 9.97. The topological polar surface area (TPSA) is 52.2 Å². The summed E-state index contributed by atoms with van der Waals surface area (Å²) >= 11 is 15.6. The number of fused-ring (bicyclic) bond motifs is 1. The molecule has 158 valence electrons. The molecule has 0 aliphatic heterocycles. The van der Waals surface area contributed by atoms with Gasteiger partial charge in [-0.3, -0.25) is 0 Å². The van der Waals surface area contributed by atoms with Crippen LogP contribution < -0.4 is 5.69 Å². The van der Waals surface area contributed by atoms with Crippen LogP contribution in [0.3, 0.4) is 0 Å². The summed E-state index contributed by atoms with van der Waals surface area (Å²) in [6, 6.07) is 22.7. The maximum Gasteiger partial charge on any atom is 0.367 e. The maximum absolute atomic E-state index is 13.1. The summed E-state index contributed by atoms with van der Waals surface area (Å²) in [6.07, 6.45) is 1.69. The Morgan fingerprint density at radius 2 is 1.41 bits per heavy atom. The zero-order valence-electron chi connectivity index (χ0n) is 16.5. The molecule has 0 bridgehead atoms. The van der Waals surface area contributed by atoms with E-state index in [1.165, 1.54) is 9.20 Å². The fourth-order valence-electron chi connectivity index (χ4n) is 3.58. The van der Waals surface area contributed by atoms with E-state index in [1.807, 2.05) is 72.8 Å². The van der Waals surface area contributed by atoms with Crippen LogP contribution in [0, 0.1) is 0 Å². The quantitative estimate of drug-likeness (QED) is 0.275. The first-order chi connectivity index (χ1) is 15.5. The Bertz CT molecular complexity index is 1470. The molecular formula is C24H15BrCl2N4O. The molecule has 0 radical (unpaired) electrons. The van der Waals surface area contributed by atoms with Gasteiger partial charge in [0.1, 0.15) is 0 Å². The predicted octanol–water partition coefficient (Wildman–Crippen LogP) is 6.34. The van der Waals surface area contributed by atoms with E-state index in [1.54, 1.807) is 6.20 Å². The molecular weight excluding hydrogens is 511 g/mol. The third-order valence-corrected chi connectivity index (χ3v) is 6.18. The first-order valence-electron chi connectivity index (χ1n) is 9.75. The summed E-state index contributed by atoms with van der Waals surface area (Å²) in [6.45, 7) is 0.339. The molecule has 0 unspecified atom stereocenters. The molecule has 0 saturated heterocycles. The fraction of sp³-hybridized carbons (Fsp3) is 0.0417. The highest BCUT2D eigenvalue weighted by atomic mass is 79.9. The van der Waals surface area contributed by atoms with Crippen LogP contribution in [0.25, 0.3) is 27.9 Å². The summed E-state index contributed by atoms with van der Waals surface area (Å²) < 4.78 is 3.74. The summed E-state index contributed by atoms with van der Waals surface area (Å²) in [5.74, 6) is 0. The number of halogens is 3. The third-order valence-electron chi connectivity index (χ3n) is 5.15. The van der Waals surface area contributed by atoms with E-state index in [0.717, 1.165) is 32.3 Å². The van der Waals surface area contributed by atoms with Gasteiger partial charge in [-0.1, -0.05) is 75.5 Å². The van der Waals surface area contributed by atoms with Gasteiger partial charge in [0.25, 0.3) is 0 Å². The lowest BCUT2D eigenvalue weighted by Gasteiger charge is -2.11. The molecule has 0 spiro atoms. The van der Waals surface area contributed by atoms with Gasteiger partial charge in [-0.15, -0.1) is 5.10 Å². The van der Waals surface area contributed by atoms with E-state index < -0.39 is 0 Å². The molecule has 0 amide bonds. The smallest absolute Gasteiger partial charge is 0.244 e. The summed E-state index contributed by atoms with van der Waals surface area (Å²) in [5, 5.41) is 10.4. The molecule has 0 saturated carbocycles. The highest BCUT2D eigenvalue weighted by molar-refractivity contribution is 9.10. The Kier molecular flexibility index (Phi) is 5.59. The highest BCUT2D eigenvalue weighted by Gasteiger charge is 2.19. The van der Waals surface area contributed by atoms with Crippen LogP contribution >= 0.6 is 39.1 Å². The average Bonchev–Trinajstić information content (AvgIpc) is 3.11. The molecule has 5 aromatic rings. The summed E-state index contributed by atoms with van der Waals surface area (Å²) in [4.78, 5) is 13.1. The lowest BCUT2D eigenvalue weighted by molar-refractivity contribution is 0.650. The van der Waals surface area contributed by atoms with Crippen LogP contribution in [0.2, 0.25) is 10.0 Å². The van der Waals surface area contributed by atoms with Crippen molar-refractivity contribution in [3.63, 3.8) is 0 Å². The highest BCUT2D eigenvalue weighted by Crippen LogP contribution is 2.35. The van der Waals surface area contributed by atoms with Gasteiger partial charge in [0.15, 0.2) is 5.65 Å². The first kappa shape index (κ1) is 20.9. The monoisotopic (exact) mass is 524 g/mol. The van der Waals surface area contributed by atoms with Crippen molar-refractivity contribution in [3.05, 3.63) is 110 Å². The van der Waals surface area contributed by atoms with Crippen molar-refractivity contribution in [2.45, 2.75) is 6.54 Å². The van der Waals surface area contributed by atoms with E-state index in [2.05, 4.69) is 26.1 Å². The maximum atomic E-state index is 13.1. The van der Waals surface area contributed by atoms with Crippen LogP contribution in [0.5, 0.6) is 0 Å². The van der Waals surface area contributed by atoms with E-state index in [-0.39, 0.29) is 5.69 Å². The zero-order valence-corrected chi connectivity index (χ0v) is 19.6. The van der Waals surface area contributed by atoms with Gasteiger partial charge in [0, 0.05) is 25.6 Å². The number of hydrogen-bond acceptors (Lipinski definition) is 3. The zero-order chi connectivity index (χ0) is 22.2. The second kappa shape index (κ2) is 8.54. The molecule has 0 fully saturated rings. The van der Waals surface area contributed by atoms with Gasteiger partial charge >= 0.3 is 5.69 Å². The molecule has 2 aromatic heterocycles. The molecule has 2 heterocycles. The SMILES string of the molecule is O=c1n(Cc2ccc(Br)cc2)nc2c(-c3ccc(Cl)cc3)c(-c3ccc(Cl)cc3)cnn12. The summed E-state index contributed by atoms with van der Waals surface area (Å²) in [7, 11) is 0. The molecule has 0 N–H and O–H groups in total. The molecule has 0 atom stereocenters. The normalized spacial score (nSPS) is 11.2. The van der Waals surface area contributed by atoms with Crippen LogP contribution in [-0.2, 0) is 6.54 Å². The van der Waals surface area contributed by atoms with Gasteiger partial charge in [-0.25, -0.2) is 9.48 Å². The van der Waals surface area contributed by atoms with E-state index in [9.17, 15) is 4.79 Å². The Labute approximate surface area is 202 Å². The molecule has 5 nitrogen and oxygen atoms in total. The molecule has 32 heavy (non-hydrogen) atoms. The van der Waals surface area contributed by atoms with Gasteiger partial charge < -0.3 is 0 Å². The van der Waals surface area contributed by atoms with Crippen LogP contribution in [-0.4, -0.2) is 19.4 Å². The van der Waals surface area contributed by atoms with Crippen molar-refractivity contribution in [3.8, 4) is 22.3 Å². The Hall–Kier alpha value is -2.93. The number of nitrogens with zero attached hydrogens (tertiary/aromatic N) is 4. The Morgan fingerprint density at radius 3 is 2.03 bits per heavy atom. The van der Waals surface area contributed by atoms with Crippen molar-refractivity contribution in [2.24, 2.45) is 0 Å². The largest absolute Gasteiger partial charge is 0.367 e. The minimum absolute atomic E-state index is 0.305. The standard InChI is InChI=1S/C24H15BrCl2N4O/c25-18-7-1-15(2-8-18)14-30-24(32)31-23(29-30)22(17-5-11-20(27)12-6-17)21(13-28-31)16-3-9-19(26)10-4-16/h1-13H,14H2. The number of aromatic nitrogens is 4. The second-order valence-corrected chi connectivity index (χ2v) is 9.04. The third kappa shape index (κ3) is 3.97. The van der Waals surface area contributed by atoms with Gasteiger partial charge in [0.2, 0.25) is 0 Å². The number of benzene rings is 3. The van der Waals surface area contributed by atoms with Crippen molar-refractivity contribution in [1.29, 1.82) is 0 Å². The fourth-order valence-corrected chi connectivity index (χ4v) is 4.09. The number of rotatable bonds is 4. The molecule has 3 aromatic carbocycles. The Morgan fingerprint density at radius 1 is 0.812 bits per heavy atom. The van der Waals surface area contributed by atoms with Crippen molar-refractivity contribution >= 4 is 44.8 Å². The Balaban J connectivity index is 1.73. The van der Waals surface area contributed by atoms with Crippen LogP contribution in [0.1, 0.15) is 5.56 Å². The molecule has 0 aliphatic carbocycles. The summed E-state index contributed by atoms with van der Waals surface area (Å²) in [5.41, 5.74) is 4.58. The van der Waals surface area contributed by atoms with Gasteiger partial charge in [-0.2, -0.15) is 9.61 Å². The van der Waals surface area contributed by atoms with Crippen molar-refractivity contribution in [2.75, 3.05) is 0 Å². The van der Waals surface area contributed by atoms with Crippen molar-refractivity contribution < 1.29 is 0 Å². The molecule has 0 aliphatic rings. The van der Waals surface area contributed by atoms with Crippen LogP contribution in [0.4, 0.5) is 0 Å². The average molecular weight is 526 g/mol. The van der Waals surface area contributed by atoms with Gasteiger partial charge in [-0.05, 0) is 53.1 Å². The van der Waals surface area contributed by atoms with E-state index >= 15 is 0 Å². The van der Waals surface area contributed by atoms with Gasteiger partial charge in [0.05, 0.1) is 12.7 Å². The first-order valence-corrected chi connectivity index (χ1v) is 11.3. The number of hydrogen-bond donors (Lipinski definition) is 0. The second-order valence-electron chi connectivity index (χ2n) is 7.25. The molecule has 5 rings (SSSR count). The van der Waals surface area contributed by atoms with Crippen molar-refractivity contribution in [1.82, 2.24) is 19.4 Å². The predicted molar refractivity (Wildman–Crippen MR) is 131 cm³/mol. The van der Waals surface area contributed by atoms with E-state index in [4.69, 9.17) is 23.2 Å².